The molecule has 0 radical (unpaired) electrons. The lowest BCUT2D eigenvalue weighted by molar-refractivity contribution is -0.133. The van der Waals surface area contributed by atoms with E-state index in [2.05, 4.69) is 10.6 Å². The van der Waals surface area contributed by atoms with Gasteiger partial charge < -0.3 is 29.9 Å². The van der Waals surface area contributed by atoms with Crippen LogP contribution in [-0.4, -0.2) is 83.2 Å². The molecule has 0 aliphatic carbocycles. The smallest absolute Gasteiger partial charge is 0.331 e. The number of carbonyl (C=O) groups is 3. The Labute approximate surface area is 283 Å². The van der Waals surface area contributed by atoms with Gasteiger partial charge in [-0.3, -0.25) is 23.5 Å². The molecule has 1 atom stereocenters. The number of likely N-dealkylation sites (tertiary alicyclic amines) is 1. The SMILES string of the molecule is CCC(=O)NCC(C)n1c(=O)c(-c2cccc(OC)c2Cl)cn(CC(=O)N2CCC(N3CCc4cc(OC)ccc4NC3=O)CC2)c1=O. The lowest BCUT2D eigenvalue weighted by Crippen LogP contribution is -2.51. The van der Waals surface area contributed by atoms with Gasteiger partial charge in [0.05, 0.1) is 30.8 Å². The molecule has 0 spiro atoms. The number of anilines is 1. The number of carbonyl (C=O) groups excluding carboxylic acids is 3. The number of amides is 4. The fourth-order valence-corrected chi connectivity index (χ4v) is 6.54. The van der Waals surface area contributed by atoms with Gasteiger partial charge in [0.1, 0.15) is 18.0 Å². The predicted molar refractivity (Wildman–Crippen MR) is 182 cm³/mol. The Hall–Kier alpha value is -4.78. The van der Waals surface area contributed by atoms with Crippen LogP contribution in [0.3, 0.4) is 0 Å². The maximum absolute atomic E-state index is 13.8. The molecule has 2 aliphatic rings. The van der Waals surface area contributed by atoms with Crippen LogP contribution >= 0.6 is 11.6 Å². The van der Waals surface area contributed by atoms with E-state index < -0.39 is 17.3 Å². The highest BCUT2D eigenvalue weighted by Crippen LogP contribution is 2.34. The minimum Gasteiger partial charge on any atom is -0.497 e. The second kappa shape index (κ2) is 15.0. The second-order valence-corrected chi connectivity index (χ2v) is 12.3. The van der Waals surface area contributed by atoms with E-state index >= 15 is 0 Å². The zero-order valence-electron chi connectivity index (χ0n) is 27.6. The molecule has 3 heterocycles. The summed E-state index contributed by atoms with van der Waals surface area (Å²) < 4.78 is 12.9. The van der Waals surface area contributed by atoms with Gasteiger partial charge in [-0.15, -0.1) is 0 Å². The third-order valence-electron chi connectivity index (χ3n) is 9.02. The normalized spacial score (nSPS) is 15.6. The summed E-state index contributed by atoms with van der Waals surface area (Å²) in [6, 6.07) is 9.62. The quantitative estimate of drug-likeness (QED) is 0.334. The Morgan fingerprint density at radius 2 is 1.79 bits per heavy atom. The summed E-state index contributed by atoms with van der Waals surface area (Å²) in [5.41, 5.74) is 0.943. The number of urea groups is 1. The first kappa shape index (κ1) is 34.6. The zero-order chi connectivity index (χ0) is 34.5. The van der Waals surface area contributed by atoms with E-state index in [1.165, 1.54) is 17.9 Å². The monoisotopic (exact) mass is 680 g/mol. The Morgan fingerprint density at radius 3 is 2.48 bits per heavy atom. The number of piperidine rings is 1. The maximum atomic E-state index is 13.8. The number of ether oxygens (including phenoxy) is 2. The first-order valence-electron chi connectivity index (χ1n) is 16.0. The fraction of sp³-hybridized carbons (Fsp3) is 0.441. The number of halogens is 1. The van der Waals surface area contributed by atoms with Gasteiger partial charge in [0.2, 0.25) is 11.8 Å². The van der Waals surface area contributed by atoms with Crippen molar-refractivity contribution in [1.82, 2.24) is 24.3 Å². The Balaban J connectivity index is 1.35. The van der Waals surface area contributed by atoms with E-state index in [-0.39, 0.29) is 54.0 Å². The van der Waals surface area contributed by atoms with Gasteiger partial charge in [0.15, 0.2) is 0 Å². The lowest BCUT2D eigenvalue weighted by atomic mass is 10.0. The molecule has 5 rings (SSSR count). The molecule has 3 aromatic rings. The summed E-state index contributed by atoms with van der Waals surface area (Å²) in [6.07, 6.45) is 3.43. The first-order valence-corrected chi connectivity index (χ1v) is 16.4. The van der Waals surface area contributed by atoms with Crippen molar-refractivity contribution in [3.63, 3.8) is 0 Å². The van der Waals surface area contributed by atoms with Gasteiger partial charge in [-0.1, -0.05) is 30.7 Å². The van der Waals surface area contributed by atoms with Crippen LogP contribution in [0.4, 0.5) is 10.5 Å². The molecule has 48 heavy (non-hydrogen) atoms. The Bertz CT molecular complexity index is 1810. The average molecular weight is 681 g/mol. The molecule has 4 amide bonds. The van der Waals surface area contributed by atoms with Crippen molar-refractivity contribution in [1.29, 1.82) is 0 Å². The van der Waals surface area contributed by atoms with Crippen LogP contribution in [0.25, 0.3) is 11.1 Å². The van der Waals surface area contributed by atoms with E-state index in [0.29, 0.717) is 50.2 Å². The number of hydrogen-bond acceptors (Lipinski definition) is 7. The molecule has 2 aliphatic heterocycles. The maximum Gasteiger partial charge on any atom is 0.331 e. The van der Waals surface area contributed by atoms with E-state index in [1.54, 1.807) is 44.1 Å². The summed E-state index contributed by atoms with van der Waals surface area (Å²) in [7, 11) is 3.07. The number of rotatable bonds is 10. The van der Waals surface area contributed by atoms with E-state index in [1.807, 2.05) is 23.1 Å². The predicted octanol–water partition coefficient (Wildman–Crippen LogP) is 3.52. The number of fused-ring (bicyclic) bond motifs is 1. The Kier molecular flexibility index (Phi) is 10.8. The van der Waals surface area contributed by atoms with E-state index in [4.69, 9.17) is 21.1 Å². The molecule has 0 saturated carbocycles. The number of nitrogens with zero attached hydrogens (tertiary/aromatic N) is 4. The van der Waals surface area contributed by atoms with Gasteiger partial charge in [-0.2, -0.15) is 0 Å². The third-order valence-corrected chi connectivity index (χ3v) is 9.41. The average Bonchev–Trinajstić information content (AvgIpc) is 3.26. The van der Waals surface area contributed by atoms with Crippen LogP contribution in [0.2, 0.25) is 5.02 Å². The van der Waals surface area contributed by atoms with Gasteiger partial charge in [-0.05, 0) is 56.0 Å². The van der Waals surface area contributed by atoms with Crippen LogP contribution in [0.15, 0.2) is 52.2 Å². The largest absolute Gasteiger partial charge is 0.497 e. The molecule has 256 valence electrons. The summed E-state index contributed by atoms with van der Waals surface area (Å²) in [5.74, 6) is 0.564. The highest BCUT2D eigenvalue weighted by molar-refractivity contribution is 6.34. The molecule has 1 unspecified atom stereocenters. The molecule has 14 heteroatoms. The van der Waals surface area contributed by atoms with Gasteiger partial charge in [0, 0.05) is 56.1 Å². The Morgan fingerprint density at radius 1 is 1.04 bits per heavy atom. The third kappa shape index (κ3) is 7.20. The summed E-state index contributed by atoms with van der Waals surface area (Å²) in [6.45, 7) is 4.43. The van der Waals surface area contributed by atoms with Crippen molar-refractivity contribution in [3.8, 4) is 22.6 Å². The van der Waals surface area contributed by atoms with Gasteiger partial charge in [0.25, 0.3) is 5.56 Å². The molecule has 13 nitrogen and oxygen atoms in total. The molecule has 1 aromatic heterocycles. The number of methoxy groups -OCH3 is 2. The molecule has 1 saturated heterocycles. The molecular formula is C34H41ClN6O7. The molecule has 0 bridgehead atoms. The van der Waals surface area contributed by atoms with Crippen LogP contribution < -0.4 is 31.4 Å². The van der Waals surface area contributed by atoms with Crippen molar-refractivity contribution < 1.29 is 23.9 Å². The van der Waals surface area contributed by atoms with Crippen molar-refractivity contribution in [2.24, 2.45) is 0 Å². The topological polar surface area (TPSA) is 144 Å². The van der Waals surface area contributed by atoms with Crippen LogP contribution in [0.1, 0.15) is 44.7 Å². The van der Waals surface area contributed by atoms with Crippen molar-refractivity contribution in [3.05, 3.63) is 74.0 Å². The zero-order valence-corrected chi connectivity index (χ0v) is 28.3. The van der Waals surface area contributed by atoms with Gasteiger partial charge >= 0.3 is 11.7 Å². The lowest BCUT2D eigenvalue weighted by Gasteiger charge is -2.38. The second-order valence-electron chi connectivity index (χ2n) is 12.0. The molecule has 1 fully saturated rings. The van der Waals surface area contributed by atoms with E-state index in [0.717, 1.165) is 21.6 Å². The molecule has 2 aromatic carbocycles. The summed E-state index contributed by atoms with van der Waals surface area (Å²) in [5, 5.41) is 5.92. The minimum atomic E-state index is -0.714. The number of benzene rings is 2. The van der Waals surface area contributed by atoms with Crippen LogP contribution in [-0.2, 0) is 22.6 Å². The van der Waals surface area contributed by atoms with Crippen molar-refractivity contribution >= 4 is 35.1 Å². The standard InChI is InChI=1S/C34H41ClN6O7/c1-5-29(42)36-18-21(2)41-32(44)26(25-7-6-8-28(48-4)31(25)35)19-39(34(41)46)20-30(43)38-14-12-23(13-15-38)40-16-11-22-17-24(47-3)9-10-27(22)37-33(40)45/h6-10,17,19,21,23H,5,11-16,18,20H2,1-4H3,(H,36,42)(H,37,45). The van der Waals surface area contributed by atoms with E-state index in [9.17, 15) is 24.0 Å². The van der Waals surface area contributed by atoms with Crippen molar-refractivity contribution in [2.45, 2.75) is 58.2 Å². The fourth-order valence-electron chi connectivity index (χ4n) is 6.24. The minimum absolute atomic E-state index is 0.0429. The van der Waals surface area contributed by atoms with Gasteiger partial charge in [-0.25, -0.2) is 9.59 Å². The number of aromatic nitrogens is 2. The highest BCUT2D eigenvalue weighted by atomic mass is 35.5. The first-order chi connectivity index (χ1) is 23.1. The van der Waals surface area contributed by atoms with Crippen LogP contribution in [0, 0.1) is 0 Å². The summed E-state index contributed by atoms with van der Waals surface area (Å²) in [4.78, 5) is 69.8. The van der Waals surface area contributed by atoms with Crippen LogP contribution in [0.5, 0.6) is 11.5 Å². The molecular weight excluding hydrogens is 640 g/mol. The number of hydrogen-bond donors (Lipinski definition) is 2. The number of nitrogens with one attached hydrogen (secondary N) is 2. The van der Waals surface area contributed by atoms with Crippen molar-refractivity contribution in [2.75, 3.05) is 45.7 Å². The highest BCUT2D eigenvalue weighted by Gasteiger charge is 2.32. The molecule has 2 N–H and O–H groups in total. The summed E-state index contributed by atoms with van der Waals surface area (Å²) >= 11 is 6.60.